The third kappa shape index (κ3) is 3.54. The number of hydrogen-bond donors (Lipinski definition) is 3. The molecule has 2 aromatic rings. The van der Waals surface area contributed by atoms with Crippen molar-refractivity contribution in [2.24, 2.45) is 16.7 Å². The summed E-state index contributed by atoms with van der Waals surface area (Å²) in [6.45, 7) is 5.50. The number of carboxylic acid groups (broad SMARTS) is 1. The Morgan fingerprint density at radius 2 is 1.48 bits per heavy atom. The quantitative estimate of drug-likeness (QED) is 0.703. The van der Waals surface area contributed by atoms with Crippen molar-refractivity contribution in [3.05, 3.63) is 54.6 Å². The van der Waals surface area contributed by atoms with Crippen molar-refractivity contribution < 1.29 is 14.7 Å². The SMILES string of the molecule is CC1(C)[C@@H](C(=O)Nc2ccc(Nc3ccccc3)cc2)CC[C@]1(C)C(=O)O. The molecule has 0 heterocycles. The molecule has 27 heavy (non-hydrogen) atoms. The number of benzene rings is 2. The van der Waals surface area contributed by atoms with Gasteiger partial charge >= 0.3 is 5.97 Å². The van der Waals surface area contributed by atoms with Gasteiger partial charge in [0.15, 0.2) is 0 Å². The van der Waals surface area contributed by atoms with E-state index in [1.807, 2.05) is 68.4 Å². The lowest BCUT2D eigenvalue weighted by Gasteiger charge is -2.37. The summed E-state index contributed by atoms with van der Waals surface area (Å²) < 4.78 is 0. The van der Waals surface area contributed by atoms with Crippen LogP contribution >= 0.6 is 0 Å². The highest BCUT2D eigenvalue weighted by atomic mass is 16.4. The van der Waals surface area contributed by atoms with Gasteiger partial charge in [-0.1, -0.05) is 32.0 Å². The van der Waals surface area contributed by atoms with Crippen LogP contribution in [-0.2, 0) is 9.59 Å². The molecular weight excluding hydrogens is 340 g/mol. The van der Waals surface area contributed by atoms with E-state index >= 15 is 0 Å². The molecule has 1 amide bonds. The normalized spacial score (nSPS) is 23.6. The summed E-state index contributed by atoms with van der Waals surface area (Å²) in [6, 6.07) is 17.4. The van der Waals surface area contributed by atoms with Crippen LogP contribution in [0.3, 0.4) is 0 Å². The van der Waals surface area contributed by atoms with Crippen molar-refractivity contribution in [3.8, 4) is 0 Å². The minimum Gasteiger partial charge on any atom is -0.481 e. The van der Waals surface area contributed by atoms with Crippen molar-refractivity contribution in [1.82, 2.24) is 0 Å². The molecule has 0 bridgehead atoms. The topological polar surface area (TPSA) is 78.4 Å². The van der Waals surface area contributed by atoms with Crippen LogP contribution in [0.15, 0.2) is 54.6 Å². The molecule has 1 aliphatic carbocycles. The van der Waals surface area contributed by atoms with Gasteiger partial charge in [-0.2, -0.15) is 0 Å². The van der Waals surface area contributed by atoms with Crippen molar-refractivity contribution >= 4 is 28.9 Å². The fourth-order valence-corrected chi connectivity index (χ4v) is 3.90. The number of carbonyl (C=O) groups excluding carboxylic acids is 1. The smallest absolute Gasteiger partial charge is 0.309 e. The van der Waals surface area contributed by atoms with Crippen molar-refractivity contribution in [2.45, 2.75) is 33.6 Å². The Balaban J connectivity index is 1.67. The van der Waals surface area contributed by atoms with Gasteiger partial charge in [0.1, 0.15) is 0 Å². The van der Waals surface area contributed by atoms with E-state index in [4.69, 9.17) is 0 Å². The largest absolute Gasteiger partial charge is 0.481 e. The van der Waals surface area contributed by atoms with E-state index < -0.39 is 16.8 Å². The second kappa shape index (κ2) is 7.06. The van der Waals surface area contributed by atoms with E-state index in [1.54, 1.807) is 6.92 Å². The summed E-state index contributed by atoms with van der Waals surface area (Å²) in [5.74, 6) is -1.28. The second-order valence-electron chi connectivity index (χ2n) is 8.01. The second-order valence-corrected chi connectivity index (χ2v) is 8.01. The summed E-state index contributed by atoms with van der Waals surface area (Å²) in [7, 11) is 0. The maximum Gasteiger partial charge on any atom is 0.309 e. The molecule has 0 radical (unpaired) electrons. The average molecular weight is 366 g/mol. The number of carbonyl (C=O) groups is 2. The Morgan fingerprint density at radius 3 is 2.04 bits per heavy atom. The molecule has 2 aromatic carbocycles. The lowest BCUT2D eigenvalue weighted by Crippen LogP contribution is -2.43. The molecule has 0 aromatic heterocycles. The Hall–Kier alpha value is -2.82. The summed E-state index contributed by atoms with van der Waals surface area (Å²) >= 11 is 0. The fourth-order valence-electron chi connectivity index (χ4n) is 3.90. The van der Waals surface area contributed by atoms with Gasteiger partial charge in [0, 0.05) is 23.0 Å². The Bertz CT molecular complexity index is 830. The van der Waals surface area contributed by atoms with E-state index in [1.165, 1.54) is 0 Å². The summed E-state index contributed by atoms with van der Waals surface area (Å²) in [5, 5.41) is 15.9. The van der Waals surface area contributed by atoms with Crippen molar-refractivity contribution in [2.75, 3.05) is 10.6 Å². The highest BCUT2D eigenvalue weighted by molar-refractivity contribution is 5.94. The van der Waals surface area contributed by atoms with Crippen molar-refractivity contribution in [3.63, 3.8) is 0 Å². The van der Waals surface area contributed by atoms with E-state index in [-0.39, 0.29) is 11.8 Å². The number of aliphatic carboxylic acids is 1. The number of anilines is 3. The Morgan fingerprint density at radius 1 is 0.926 bits per heavy atom. The number of hydrogen-bond acceptors (Lipinski definition) is 3. The predicted octanol–water partition coefficient (Wildman–Crippen LogP) is 4.90. The van der Waals surface area contributed by atoms with Gasteiger partial charge in [-0.05, 0) is 61.6 Å². The molecular formula is C22H26N2O3. The number of para-hydroxylation sites is 1. The highest BCUT2D eigenvalue weighted by Crippen LogP contribution is 2.56. The van der Waals surface area contributed by atoms with Gasteiger partial charge in [-0.3, -0.25) is 9.59 Å². The standard InChI is InChI=1S/C22H26N2O3/c1-21(2)18(13-14-22(21,3)20(26)27)19(25)24-17-11-9-16(10-12-17)23-15-7-5-4-6-8-15/h4-12,18,23H,13-14H2,1-3H3,(H,24,25)(H,26,27)/t18-,22-/m1/s1. The maximum atomic E-state index is 12.8. The van der Waals surface area contributed by atoms with Gasteiger partial charge in [0.25, 0.3) is 0 Å². The molecule has 0 spiro atoms. The molecule has 5 nitrogen and oxygen atoms in total. The molecule has 1 saturated carbocycles. The van der Waals surface area contributed by atoms with Crippen molar-refractivity contribution in [1.29, 1.82) is 0 Å². The summed E-state index contributed by atoms with van der Waals surface area (Å²) in [5.41, 5.74) is 1.13. The first-order chi connectivity index (χ1) is 12.7. The van der Waals surface area contributed by atoms with Crippen LogP contribution in [0, 0.1) is 16.7 Å². The van der Waals surface area contributed by atoms with Gasteiger partial charge in [0.2, 0.25) is 5.91 Å². The number of nitrogens with one attached hydrogen (secondary N) is 2. The monoisotopic (exact) mass is 366 g/mol. The zero-order valence-electron chi connectivity index (χ0n) is 16.0. The van der Waals surface area contributed by atoms with E-state index in [2.05, 4.69) is 10.6 Å². The van der Waals surface area contributed by atoms with Gasteiger partial charge in [-0.25, -0.2) is 0 Å². The van der Waals surface area contributed by atoms with Gasteiger partial charge < -0.3 is 15.7 Å². The van der Waals surface area contributed by atoms with Gasteiger partial charge in [-0.15, -0.1) is 0 Å². The Kier molecular flexibility index (Phi) is 4.96. The van der Waals surface area contributed by atoms with Crippen LogP contribution < -0.4 is 10.6 Å². The van der Waals surface area contributed by atoms with Crippen LogP contribution in [0.4, 0.5) is 17.1 Å². The van der Waals surface area contributed by atoms with E-state index in [0.29, 0.717) is 18.5 Å². The molecule has 0 saturated heterocycles. The first-order valence-corrected chi connectivity index (χ1v) is 9.20. The number of carboxylic acids is 1. The lowest BCUT2D eigenvalue weighted by molar-refractivity contribution is -0.154. The zero-order valence-corrected chi connectivity index (χ0v) is 16.0. The minimum atomic E-state index is -0.890. The van der Waals surface area contributed by atoms with Crippen LogP contribution in [0.25, 0.3) is 0 Å². The van der Waals surface area contributed by atoms with Crippen LogP contribution in [0.5, 0.6) is 0 Å². The number of rotatable bonds is 5. The third-order valence-electron chi connectivity index (χ3n) is 6.23. The molecule has 0 unspecified atom stereocenters. The van der Waals surface area contributed by atoms with E-state index in [9.17, 15) is 14.7 Å². The molecule has 3 N–H and O–H groups in total. The molecule has 2 atom stereocenters. The molecule has 1 fully saturated rings. The zero-order chi connectivity index (χ0) is 19.7. The minimum absolute atomic E-state index is 0.117. The fraction of sp³-hybridized carbons (Fsp3) is 0.364. The lowest BCUT2D eigenvalue weighted by atomic mass is 9.65. The first kappa shape index (κ1) is 19.0. The number of amides is 1. The average Bonchev–Trinajstić information content (AvgIpc) is 2.88. The molecule has 142 valence electrons. The molecule has 3 rings (SSSR count). The first-order valence-electron chi connectivity index (χ1n) is 9.20. The van der Waals surface area contributed by atoms with Crippen LogP contribution in [0.1, 0.15) is 33.6 Å². The summed E-state index contributed by atoms with van der Waals surface area (Å²) in [4.78, 5) is 24.5. The third-order valence-corrected chi connectivity index (χ3v) is 6.23. The van der Waals surface area contributed by atoms with Gasteiger partial charge in [0.05, 0.1) is 5.41 Å². The molecule has 5 heteroatoms. The molecule has 1 aliphatic rings. The highest BCUT2D eigenvalue weighted by Gasteiger charge is 2.58. The van der Waals surface area contributed by atoms with E-state index in [0.717, 1.165) is 11.4 Å². The van der Waals surface area contributed by atoms with Crippen LogP contribution in [-0.4, -0.2) is 17.0 Å². The molecule has 0 aliphatic heterocycles. The predicted molar refractivity (Wildman–Crippen MR) is 107 cm³/mol. The maximum absolute atomic E-state index is 12.8. The summed E-state index contributed by atoms with van der Waals surface area (Å²) in [6.07, 6.45) is 1.09. The Labute approximate surface area is 159 Å². The van der Waals surface area contributed by atoms with Crippen LogP contribution in [0.2, 0.25) is 0 Å².